The van der Waals surface area contributed by atoms with Crippen LogP contribution in [-0.2, 0) is 14.8 Å². The molecule has 0 aliphatic rings. The Labute approximate surface area is 95.7 Å². The van der Waals surface area contributed by atoms with Crippen molar-refractivity contribution < 1.29 is 13.2 Å². The number of hydrogen-bond donors (Lipinski definition) is 1. The van der Waals surface area contributed by atoms with E-state index in [0.717, 1.165) is 18.1 Å². The highest BCUT2D eigenvalue weighted by Gasteiger charge is 2.05. The molecule has 0 saturated carbocycles. The van der Waals surface area contributed by atoms with Gasteiger partial charge < -0.3 is 4.79 Å². The van der Waals surface area contributed by atoms with Crippen molar-refractivity contribution in [1.29, 1.82) is 0 Å². The number of anilines is 1. The molecule has 0 bridgehead atoms. The maximum atomic E-state index is 11.0. The summed E-state index contributed by atoms with van der Waals surface area (Å²) >= 11 is 0. The minimum atomic E-state index is -3.23. The van der Waals surface area contributed by atoms with Gasteiger partial charge in [-0.1, -0.05) is 19.1 Å². The summed E-state index contributed by atoms with van der Waals surface area (Å²) in [6.45, 7) is 1.95. The number of benzene rings is 1. The number of sulfonamides is 1. The van der Waals surface area contributed by atoms with Crippen LogP contribution in [0.5, 0.6) is 0 Å². The van der Waals surface area contributed by atoms with Gasteiger partial charge in [0, 0.05) is 12.1 Å². The van der Waals surface area contributed by atoms with E-state index in [0.29, 0.717) is 12.1 Å². The number of carbonyl (C=O) groups is 1. The summed E-state index contributed by atoms with van der Waals surface area (Å²) in [5.41, 5.74) is 1.55. The van der Waals surface area contributed by atoms with Crippen molar-refractivity contribution >= 4 is 22.0 Å². The molecule has 16 heavy (non-hydrogen) atoms. The van der Waals surface area contributed by atoms with Crippen LogP contribution in [0.3, 0.4) is 0 Å². The standard InChI is InChI=1S/C11H15NO3S/c1-9(7-8-13)10-3-5-11(6-4-10)12-16(2,14)15/h3-6,8-9,12H,7H2,1-2H3. The zero-order valence-corrected chi connectivity index (χ0v) is 10.1. The largest absolute Gasteiger partial charge is 0.303 e. The SMILES string of the molecule is CC(CC=O)c1ccc(NS(C)(=O)=O)cc1. The normalized spacial score (nSPS) is 13.1. The predicted molar refractivity (Wildman–Crippen MR) is 64.0 cm³/mol. The number of hydrogen-bond acceptors (Lipinski definition) is 3. The average Bonchev–Trinajstić information content (AvgIpc) is 2.16. The summed E-state index contributed by atoms with van der Waals surface area (Å²) in [7, 11) is -3.23. The lowest BCUT2D eigenvalue weighted by Gasteiger charge is -2.09. The van der Waals surface area contributed by atoms with Crippen molar-refractivity contribution in [2.75, 3.05) is 11.0 Å². The Hall–Kier alpha value is -1.36. The van der Waals surface area contributed by atoms with E-state index in [-0.39, 0.29) is 5.92 Å². The zero-order chi connectivity index (χ0) is 12.2. The first kappa shape index (κ1) is 12.7. The zero-order valence-electron chi connectivity index (χ0n) is 9.30. The van der Waals surface area contributed by atoms with E-state index in [9.17, 15) is 13.2 Å². The van der Waals surface area contributed by atoms with Crippen LogP contribution in [0.2, 0.25) is 0 Å². The van der Waals surface area contributed by atoms with E-state index in [1.165, 1.54) is 0 Å². The lowest BCUT2D eigenvalue weighted by Crippen LogP contribution is -2.09. The van der Waals surface area contributed by atoms with Crippen LogP contribution in [-0.4, -0.2) is 21.0 Å². The maximum absolute atomic E-state index is 11.0. The Kier molecular flexibility index (Phi) is 4.06. The van der Waals surface area contributed by atoms with Gasteiger partial charge in [-0.3, -0.25) is 4.72 Å². The molecule has 0 heterocycles. The van der Waals surface area contributed by atoms with Crippen molar-refractivity contribution in [2.24, 2.45) is 0 Å². The fourth-order valence-corrected chi connectivity index (χ4v) is 1.94. The Morgan fingerprint density at radius 1 is 1.31 bits per heavy atom. The number of aldehydes is 1. The van der Waals surface area contributed by atoms with E-state index in [1.54, 1.807) is 12.1 Å². The van der Waals surface area contributed by atoms with E-state index in [2.05, 4.69) is 4.72 Å². The van der Waals surface area contributed by atoms with Crippen molar-refractivity contribution in [3.8, 4) is 0 Å². The van der Waals surface area contributed by atoms with E-state index >= 15 is 0 Å². The van der Waals surface area contributed by atoms with Gasteiger partial charge in [-0.2, -0.15) is 0 Å². The molecule has 1 rings (SSSR count). The Morgan fingerprint density at radius 3 is 2.31 bits per heavy atom. The third kappa shape index (κ3) is 4.02. The maximum Gasteiger partial charge on any atom is 0.229 e. The smallest absolute Gasteiger partial charge is 0.229 e. The summed E-state index contributed by atoms with van der Waals surface area (Å²) in [5, 5.41) is 0. The molecule has 5 heteroatoms. The molecule has 0 radical (unpaired) electrons. The molecule has 0 amide bonds. The summed E-state index contributed by atoms with van der Waals surface area (Å²) in [5.74, 6) is 0.157. The molecule has 1 atom stereocenters. The minimum Gasteiger partial charge on any atom is -0.303 e. The highest BCUT2D eigenvalue weighted by Crippen LogP contribution is 2.20. The van der Waals surface area contributed by atoms with Crippen LogP contribution in [0.15, 0.2) is 24.3 Å². The lowest BCUT2D eigenvalue weighted by molar-refractivity contribution is -0.108. The van der Waals surface area contributed by atoms with Crippen LogP contribution in [0.1, 0.15) is 24.8 Å². The van der Waals surface area contributed by atoms with Crippen LogP contribution in [0.25, 0.3) is 0 Å². The van der Waals surface area contributed by atoms with Crippen LogP contribution < -0.4 is 4.72 Å². The molecule has 0 saturated heterocycles. The first-order valence-electron chi connectivity index (χ1n) is 4.94. The molecular formula is C11H15NO3S. The number of nitrogens with one attached hydrogen (secondary N) is 1. The molecule has 1 N–H and O–H groups in total. The molecule has 1 aromatic carbocycles. The van der Waals surface area contributed by atoms with Crippen molar-refractivity contribution in [3.05, 3.63) is 29.8 Å². The van der Waals surface area contributed by atoms with Crippen molar-refractivity contribution in [1.82, 2.24) is 0 Å². The van der Waals surface area contributed by atoms with Gasteiger partial charge in [-0.15, -0.1) is 0 Å². The topological polar surface area (TPSA) is 63.2 Å². The molecular weight excluding hydrogens is 226 g/mol. The highest BCUT2D eigenvalue weighted by molar-refractivity contribution is 7.92. The monoisotopic (exact) mass is 241 g/mol. The molecule has 0 aromatic heterocycles. The van der Waals surface area contributed by atoms with Gasteiger partial charge in [0.15, 0.2) is 0 Å². The van der Waals surface area contributed by atoms with E-state index in [4.69, 9.17) is 0 Å². The molecule has 0 spiro atoms. The molecule has 0 fully saturated rings. The summed E-state index contributed by atoms with van der Waals surface area (Å²) in [6.07, 6.45) is 2.46. The third-order valence-electron chi connectivity index (χ3n) is 2.23. The first-order valence-corrected chi connectivity index (χ1v) is 6.83. The van der Waals surface area contributed by atoms with Crippen molar-refractivity contribution in [3.63, 3.8) is 0 Å². The number of carbonyl (C=O) groups excluding carboxylic acids is 1. The highest BCUT2D eigenvalue weighted by atomic mass is 32.2. The summed E-state index contributed by atoms with van der Waals surface area (Å²) in [6, 6.07) is 7.03. The Morgan fingerprint density at radius 2 is 1.88 bits per heavy atom. The van der Waals surface area contributed by atoms with Gasteiger partial charge in [0.05, 0.1) is 6.26 Å². The average molecular weight is 241 g/mol. The predicted octanol–water partition coefficient (Wildman–Crippen LogP) is 1.75. The third-order valence-corrected chi connectivity index (χ3v) is 2.84. The van der Waals surface area contributed by atoms with Gasteiger partial charge in [-0.25, -0.2) is 8.42 Å². The molecule has 0 aliphatic heterocycles. The van der Waals surface area contributed by atoms with Gasteiger partial charge in [0.2, 0.25) is 10.0 Å². The van der Waals surface area contributed by atoms with Gasteiger partial charge in [0.1, 0.15) is 6.29 Å². The van der Waals surface area contributed by atoms with Crippen LogP contribution in [0, 0.1) is 0 Å². The van der Waals surface area contributed by atoms with Gasteiger partial charge >= 0.3 is 0 Å². The van der Waals surface area contributed by atoms with E-state index < -0.39 is 10.0 Å². The Bertz CT molecular complexity index is 451. The lowest BCUT2D eigenvalue weighted by atomic mass is 9.98. The van der Waals surface area contributed by atoms with Crippen molar-refractivity contribution in [2.45, 2.75) is 19.3 Å². The summed E-state index contributed by atoms with van der Waals surface area (Å²) < 4.78 is 24.3. The minimum absolute atomic E-state index is 0.157. The van der Waals surface area contributed by atoms with Gasteiger partial charge in [0.25, 0.3) is 0 Å². The second-order valence-corrected chi connectivity index (χ2v) is 5.55. The fourth-order valence-electron chi connectivity index (χ4n) is 1.37. The van der Waals surface area contributed by atoms with E-state index in [1.807, 2.05) is 19.1 Å². The molecule has 4 nitrogen and oxygen atoms in total. The molecule has 88 valence electrons. The van der Waals surface area contributed by atoms with Gasteiger partial charge in [-0.05, 0) is 23.6 Å². The Balaban J connectivity index is 2.79. The molecule has 1 aromatic rings. The second kappa shape index (κ2) is 5.12. The number of rotatable bonds is 5. The fraction of sp³-hybridized carbons (Fsp3) is 0.364. The van der Waals surface area contributed by atoms with Crippen LogP contribution in [0.4, 0.5) is 5.69 Å². The second-order valence-electron chi connectivity index (χ2n) is 3.80. The quantitative estimate of drug-likeness (QED) is 0.799. The molecule has 0 aliphatic carbocycles. The van der Waals surface area contributed by atoms with Crippen LogP contribution >= 0.6 is 0 Å². The summed E-state index contributed by atoms with van der Waals surface area (Å²) in [4.78, 5) is 10.4. The molecule has 1 unspecified atom stereocenters. The first-order chi connectivity index (χ1) is 7.42.